The molecule has 2 heteroatoms. The SMILES string of the molecule is c1ccc(-c2sc3c(ccc4c5cc(-c6c7ccccc7c(-c7ccc8ccccc8c7)c7ccccc67)ccc5sc43)c2-c2ccccc2)cc1. The van der Waals surface area contributed by atoms with E-state index in [1.54, 1.807) is 0 Å². The van der Waals surface area contributed by atoms with Crippen molar-refractivity contribution >= 4 is 85.2 Å². The van der Waals surface area contributed by atoms with Crippen LogP contribution in [0.4, 0.5) is 0 Å². The molecule has 2 aromatic heterocycles. The van der Waals surface area contributed by atoms with Crippen molar-refractivity contribution in [1.82, 2.24) is 0 Å². The lowest BCUT2D eigenvalue weighted by Crippen LogP contribution is -1.91. The zero-order valence-electron chi connectivity index (χ0n) is 28.1. The molecular formula is C50H30S2. The lowest BCUT2D eigenvalue weighted by Gasteiger charge is -2.18. The van der Waals surface area contributed by atoms with Gasteiger partial charge in [0.05, 0.1) is 9.40 Å². The van der Waals surface area contributed by atoms with Gasteiger partial charge >= 0.3 is 0 Å². The van der Waals surface area contributed by atoms with E-state index in [2.05, 4.69) is 182 Å². The lowest BCUT2D eigenvalue weighted by molar-refractivity contribution is 1.66. The van der Waals surface area contributed by atoms with Gasteiger partial charge in [-0.1, -0.05) is 164 Å². The smallest absolute Gasteiger partial charge is 0.0534 e. The molecule has 0 aliphatic rings. The van der Waals surface area contributed by atoms with E-state index in [1.807, 2.05) is 22.7 Å². The van der Waals surface area contributed by atoms with Crippen molar-refractivity contribution in [2.45, 2.75) is 0 Å². The normalized spacial score (nSPS) is 11.8. The van der Waals surface area contributed by atoms with Gasteiger partial charge in [-0.05, 0) is 83.9 Å². The summed E-state index contributed by atoms with van der Waals surface area (Å²) in [6, 6.07) is 67.2. The van der Waals surface area contributed by atoms with Crippen LogP contribution in [0.5, 0.6) is 0 Å². The van der Waals surface area contributed by atoms with Gasteiger partial charge < -0.3 is 0 Å². The van der Waals surface area contributed by atoms with Crippen molar-refractivity contribution in [2.24, 2.45) is 0 Å². The number of fused-ring (bicyclic) bond motifs is 8. The molecule has 52 heavy (non-hydrogen) atoms. The van der Waals surface area contributed by atoms with E-state index in [-0.39, 0.29) is 0 Å². The van der Waals surface area contributed by atoms with Gasteiger partial charge in [-0.2, -0.15) is 0 Å². The maximum Gasteiger partial charge on any atom is 0.0534 e. The topological polar surface area (TPSA) is 0 Å². The first-order valence-electron chi connectivity index (χ1n) is 17.8. The van der Waals surface area contributed by atoms with E-state index >= 15 is 0 Å². The average molecular weight is 695 g/mol. The van der Waals surface area contributed by atoms with Gasteiger partial charge in [-0.3, -0.25) is 0 Å². The number of benzene rings is 9. The van der Waals surface area contributed by atoms with E-state index in [0.29, 0.717) is 0 Å². The molecule has 0 atom stereocenters. The molecule has 0 N–H and O–H groups in total. The molecule has 9 aromatic carbocycles. The van der Waals surface area contributed by atoms with Gasteiger partial charge in [0, 0.05) is 31.3 Å². The molecule has 2 heterocycles. The standard InChI is InChI=1S/C50H30S2/c1-3-14-32(15-4-1)47-42-27-26-41-43-30-36(25-28-44(43)51-49(41)50(42)52-48(47)33-16-5-2-6-17-33)46-39-21-11-9-19-37(39)45(38-20-10-12-22-40(38)46)35-24-23-31-13-7-8-18-34(31)29-35/h1-30H. The molecule has 0 aliphatic carbocycles. The highest BCUT2D eigenvalue weighted by atomic mass is 32.1. The Kier molecular flexibility index (Phi) is 6.70. The number of hydrogen-bond donors (Lipinski definition) is 0. The minimum atomic E-state index is 1.25. The molecule has 11 rings (SSSR count). The first-order chi connectivity index (χ1) is 25.8. The molecule has 0 saturated carbocycles. The number of hydrogen-bond acceptors (Lipinski definition) is 2. The maximum absolute atomic E-state index is 2.45. The Morgan fingerprint density at radius 1 is 0.269 bits per heavy atom. The van der Waals surface area contributed by atoms with Gasteiger partial charge in [0.2, 0.25) is 0 Å². The Hall–Kier alpha value is -6.06. The Bertz CT molecular complexity index is 3110. The summed E-state index contributed by atoms with van der Waals surface area (Å²) in [5, 5.41) is 11.6. The lowest BCUT2D eigenvalue weighted by atomic mass is 9.85. The zero-order valence-corrected chi connectivity index (χ0v) is 29.8. The van der Waals surface area contributed by atoms with Gasteiger partial charge in [-0.25, -0.2) is 0 Å². The molecule has 0 spiro atoms. The van der Waals surface area contributed by atoms with Crippen LogP contribution in [0, 0.1) is 0 Å². The molecule has 242 valence electrons. The highest BCUT2D eigenvalue weighted by Crippen LogP contribution is 2.51. The van der Waals surface area contributed by atoms with Crippen LogP contribution in [0.1, 0.15) is 0 Å². The minimum absolute atomic E-state index is 1.25. The van der Waals surface area contributed by atoms with Crippen molar-refractivity contribution < 1.29 is 0 Å². The summed E-state index contributed by atoms with van der Waals surface area (Å²) >= 11 is 3.86. The summed E-state index contributed by atoms with van der Waals surface area (Å²) < 4.78 is 4.06. The third-order valence-corrected chi connectivity index (χ3v) is 13.3. The molecule has 0 unspecified atom stereocenters. The molecule has 0 bridgehead atoms. The maximum atomic E-state index is 2.45. The third kappa shape index (κ3) is 4.52. The molecule has 11 aromatic rings. The predicted molar refractivity (Wildman–Crippen MR) is 229 cm³/mol. The van der Waals surface area contributed by atoms with Crippen LogP contribution in [0.25, 0.3) is 106 Å². The Morgan fingerprint density at radius 2 is 0.788 bits per heavy atom. The molecule has 0 nitrogen and oxygen atoms in total. The van der Waals surface area contributed by atoms with Crippen molar-refractivity contribution in [3.8, 4) is 43.8 Å². The summed E-state index contributed by atoms with van der Waals surface area (Å²) in [6.45, 7) is 0. The van der Waals surface area contributed by atoms with E-state index in [0.717, 1.165) is 0 Å². The van der Waals surface area contributed by atoms with Crippen molar-refractivity contribution in [3.63, 3.8) is 0 Å². The summed E-state index contributed by atoms with van der Waals surface area (Å²) in [5.41, 5.74) is 8.97. The van der Waals surface area contributed by atoms with Crippen LogP contribution in [-0.4, -0.2) is 0 Å². The highest BCUT2D eigenvalue weighted by molar-refractivity contribution is 7.32. The van der Waals surface area contributed by atoms with E-state index in [1.165, 1.54) is 106 Å². The second-order valence-corrected chi connectivity index (χ2v) is 15.6. The molecule has 0 radical (unpaired) electrons. The second-order valence-electron chi connectivity index (χ2n) is 13.6. The van der Waals surface area contributed by atoms with E-state index in [9.17, 15) is 0 Å². The molecule has 0 aliphatic heterocycles. The fraction of sp³-hybridized carbons (Fsp3) is 0. The average Bonchev–Trinajstić information content (AvgIpc) is 3.79. The van der Waals surface area contributed by atoms with Crippen LogP contribution >= 0.6 is 22.7 Å². The Balaban J connectivity index is 1.16. The first kappa shape index (κ1) is 29.6. The first-order valence-corrected chi connectivity index (χ1v) is 19.4. The van der Waals surface area contributed by atoms with Gasteiger partial charge in [0.1, 0.15) is 0 Å². The molecule has 0 fully saturated rings. The van der Waals surface area contributed by atoms with Crippen LogP contribution in [0.3, 0.4) is 0 Å². The zero-order chi connectivity index (χ0) is 34.2. The van der Waals surface area contributed by atoms with E-state index in [4.69, 9.17) is 0 Å². The molecule has 0 saturated heterocycles. The third-order valence-electron chi connectivity index (χ3n) is 10.7. The van der Waals surface area contributed by atoms with Crippen molar-refractivity contribution in [1.29, 1.82) is 0 Å². The Morgan fingerprint density at radius 3 is 1.46 bits per heavy atom. The van der Waals surface area contributed by atoms with Gasteiger partial charge in [0.25, 0.3) is 0 Å². The quantitative estimate of drug-likeness (QED) is 0.161. The van der Waals surface area contributed by atoms with Crippen molar-refractivity contribution in [2.75, 3.05) is 0 Å². The fourth-order valence-electron chi connectivity index (χ4n) is 8.32. The number of thiophene rings is 2. The van der Waals surface area contributed by atoms with Crippen LogP contribution < -0.4 is 0 Å². The predicted octanol–water partition coefficient (Wildman–Crippen LogP) is 15.4. The van der Waals surface area contributed by atoms with Crippen LogP contribution in [-0.2, 0) is 0 Å². The van der Waals surface area contributed by atoms with Crippen LogP contribution in [0.2, 0.25) is 0 Å². The largest absolute Gasteiger partial charge is 0.134 e. The fourth-order valence-corrected chi connectivity index (χ4v) is 11.0. The van der Waals surface area contributed by atoms with E-state index < -0.39 is 0 Å². The summed E-state index contributed by atoms with van der Waals surface area (Å²) in [6.07, 6.45) is 0. The minimum Gasteiger partial charge on any atom is -0.134 e. The second kappa shape index (κ2) is 11.7. The van der Waals surface area contributed by atoms with Gasteiger partial charge in [0.15, 0.2) is 0 Å². The summed E-state index contributed by atoms with van der Waals surface area (Å²) in [7, 11) is 0. The number of rotatable bonds is 4. The van der Waals surface area contributed by atoms with Gasteiger partial charge in [-0.15, -0.1) is 22.7 Å². The van der Waals surface area contributed by atoms with Crippen LogP contribution in [0.15, 0.2) is 182 Å². The monoisotopic (exact) mass is 694 g/mol. The molecule has 0 amide bonds. The summed E-state index contributed by atoms with van der Waals surface area (Å²) in [4.78, 5) is 1.33. The van der Waals surface area contributed by atoms with Crippen molar-refractivity contribution in [3.05, 3.63) is 182 Å². The highest BCUT2D eigenvalue weighted by Gasteiger charge is 2.21. The summed E-state index contributed by atoms with van der Waals surface area (Å²) in [5.74, 6) is 0. The Labute approximate surface area is 309 Å². The molecular weight excluding hydrogens is 665 g/mol.